The monoisotopic (exact) mass is 230 g/mol. The Hall–Kier alpha value is -0.160. The average molecular weight is 230 g/mol. The first kappa shape index (κ1) is 13.9. The third kappa shape index (κ3) is 4.01. The van der Waals surface area contributed by atoms with E-state index in [1.165, 1.54) is 0 Å². The minimum atomic E-state index is -0.160. The van der Waals surface area contributed by atoms with Gasteiger partial charge in [0, 0.05) is 24.7 Å². The molecule has 1 aliphatic heterocycles. The molecule has 1 saturated heterocycles. The van der Waals surface area contributed by atoms with Crippen LogP contribution in [0.1, 0.15) is 27.2 Å². The Labute approximate surface area is 99.0 Å². The molecule has 1 aliphatic rings. The van der Waals surface area contributed by atoms with E-state index in [9.17, 15) is 5.11 Å². The Morgan fingerprint density at radius 1 is 1.44 bits per heavy atom. The molecule has 4 nitrogen and oxygen atoms in total. The van der Waals surface area contributed by atoms with Gasteiger partial charge >= 0.3 is 0 Å². The number of hydrogen-bond acceptors (Lipinski definition) is 4. The lowest BCUT2D eigenvalue weighted by molar-refractivity contribution is 0.00959. The molecule has 1 fully saturated rings. The molecule has 1 heterocycles. The minimum Gasteiger partial charge on any atom is -0.394 e. The van der Waals surface area contributed by atoms with Crippen LogP contribution in [0.5, 0.6) is 0 Å². The van der Waals surface area contributed by atoms with Gasteiger partial charge in [-0.3, -0.25) is 4.90 Å². The highest BCUT2D eigenvalue weighted by Crippen LogP contribution is 2.16. The van der Waals surface area contributed by atoms with E-state index < -0.39 is 0 Å². The Morgan fingerprint density at radius 3 is 2.56 bits per heavy atom. The standard InChI is InChI=1S/C12H26N2O2/c1-4-13-12(3,10-15)9-11(2)14-5-7-16-8-6-14/h11,13,15H,4-10H2,1-3H3. The highest BCUT2D eigenvalue weighted by molar-refractivity contribution is 4.87. The summed E-state index contributed by atoms with van der Waals surface area (Å²) in [6, 6.07) is 0.486. The summed E-state index contributed by atoms with van der Waals surface area (Å²) in [5.74, 6) is 0. The van der Waals surface area contributed by atoms with E-state index in [0.717, 1.165) is 39.3 Å². The van der Waals surface area contributed by atoms with Gasteiger partial charge < -0.3 is 15.2 Å². The summed E-state index contributed by atoms with van der Waals surface area (Å²) < 4.78 is 5.35. The molecule has 0 aliphatic carbocycles. The summed E-state index contributed by atoms with van der Waals surface area (Å²) in [6.45, 7) is 11.2. The van der Waals surface area contributed by atoms with Crippen LogP contribution in [0, 0.1) is 0 Å². The van der Waals surface area contributed by atoms with Crippen molar-refractivity contribution in [3.05, 3.63) is 0 Å². The lowest BCUT2D eigenvalue weighted by Crippen LogP contribution is -2.52. The summed E-state index contributed by atoms with van der Waals surface area (Å²) in [4.78, 5) is 2.44. The highest BCUT2D eigenvalue weighted by atomic mass is 16.5. The highest BCUT2D eigenvalue weighted by Gasteiger charge is 2.28. The number of aliphatic hydroxyl groups excluding tert-OH is 1. The van der Waals surface area contributed by atoms with Crippen LogP contribution >= 0.6 is 0 Å². The number of hydrogen-bond donors (Lipinski definition) is 2. The summed E-state index contributed by atoms with van der Waals surface area (Å²) in [7, 11) is 0. The fraction of sp³-hybridized carbons (Fsp3) is 1.00. The molecule has 4 heteroatoms. The molecule has 96 valence electrons. The smallest absolute Gasteiger partial charge is 0.0611 e. The van der Waals surface area contributed by atoms with Gasteiger partial charge in [0.15, 0.2) is 0 Å². The van der Waals surface area contributed by atoms with Gasteiger partial charge in [-0.05, 0) is 26.8 Å². The van der Waals surface area contributed by atoms with E-state index in [1.54, 1.807) is 0 Å². The van der Waals surface area contributed by atoms with Crippen molar-refractivity contribution < 1.29 is 9.84 Å². The lowest BCUT2D eigenvalue weighted by Gasteiger charge is -2.38. The molecule has 0 bridgehead atoms. The van der Waals surface area contributed by atoms with Crippen LogP contribution in [0.25, 0.3) is 0 Å². The first-order valence-electron chi connectivity index (χ1n) is 6.29. The molecule has 0 aromatic heterocycles. The van der Waals surface area contributed by atoms with Crippen LogP contribution in [0.15, 0.2) is 0 Å². The largest absolute Gasteiger partial charge is 0.394 e. The molecular weight excluding hydrogens is 204 g/mol. The molecule has 0 aromatic carbocycles. The minimum absolute atomic E-state index is 0.160. The Balaban J connectivity index is 2.43. The van der Waals surface area contributed by atoms with Gasteiger partial charge in [0.2, 0.25) is 0 Å². The molecule has 0 amide bonds. The van der Waals surface area contributed by atoms with Crippen molar-refractivity contribution >= 4 is 0 Å². The van der Waals surface area contributed by atoms with Gasteiger partial charge in [0.05, 0.1) is 19.8 Å². The van der Waals surface area contributed by atoms with Gasteiger partial charge in [0.1, 0.15) is 0 Å². The van der Waals surface area contributed by atoms with Crippen molar-refractivity contribution in [1.82, 2.24) is 10.2 Å². The van der Waals surface area contributed by atoms with Crippen molar-refractivity contribution in [3.63, 3.8) is 0 Å². The van der Waals surface area contributed by atoms with E-state index in [-0.39, 0.29) is 12.1 Å². The SMILES string of the molecule is CCNC(C)(CO)CC(C)N1CCOCC1. The summed E-state index contributed by atoms with van der Waals surface area (Å²) >= 11 is 0. The number of nitrogens with zero attached hydrogens (tertiary/aromatic N) is 1. The molecule has 2 unspecified atom stereocenters. The van der Waals surface area contributed by atoms with E-state index >= 15 is 0 Å². The number of rotatable bonds is 6. The Kier molecular flexibility index (Phi) is 5.69. The summed E-state index contributed by atoms with van der Waals surface area (Å²) in [5.41, 5.74) is -0.160. The topological polar surface area (TPSA) is 44.7 Å². The third-order valence-corrected chi connectivity index (χ3v) is 3.37. The zero-order valence-electron chi connectivity index (χ0n) is 10.8. The number of nitrogens with one attached hydrogen (secondary N) is 1. The van der Waals surface area contributed by atoms with E-state index in [2.05, 4.69) is 31.0 Å². The third-order valence-electron chi connectivity index (χ3n) is 3.37. The second kappa shape index (κ2) is 6.55. The first-order chi connectivity index (χ1) is 7.61. The average Bonchev–Trinajstić information content (AvgIpc) is 2.30. The van der Waals surface area contributed by atoms with Crippen LogP contribution in [-0.4, -0.2) is 61.0 Å². The zero-order valence-corrected chi connectivity index (χ0v) is 10.8. The molecule has 0 saturated carbocycles. The van der Waals surface area contributed by atoms with E-state index in [4.69, 9.17) is 4.74 Å². The number of morpholine rings is 1. The van der Waals surface area contributed by atoms with Gasteiger partial charge in [-0.25, -0.2) is 0 Å². The molecule has 0 radical (unpaired) electrons. The number of likely N-dealkylation sites (N-methyl/N-ethyl adjacent to an activating group) is 1. The molecule has 0 aromatic rings. The maximum absolute atomic E-state index is 9.46. The van der Waals surface area contributed by atoms with Gasteiger partial charge in [-0.2, -0.15) is 0 Å². The van der Waals surface area contributed by atoms with E-state index in [0.29, 0.717) is 6.04 Å². The molecule has 1 rings (SSSR count). The summed E-state index contributed by atoms with van der Waals surface area (Å²) in [6.07, 6.45) is 0.970. The fourth-order valence-electron chi connectivity index (χ4n) is 2.42. The van der Waals surface area contributed by atoms with Crippen LogP contribution < -0.4 is 5.32 Å². The molecule has 16 heavy (non-hydrogen) atoms. The van der Waals surface area contributed by atoms with E-state index in [1.807, 2.05) is 0 Å². The molecular formula is C12H26N2O2. The quantitative estimate of drug-likeness (QED) is 0.696. The predicted molar refractivity (Wildman–Crippen MR) is 65.6 cm³/mol. The van der Waals surface area contributed by atoms with Crippen LogP contribution in [0.2, 0.25) is 0 Å². The number of aliphatic hydroxyl groups is 1. The van der Waals surface area contributed by atoms with Gasteiger partial charge in [-0.1, -0.05) is 6.92 Å². The van der Waals surface area contributed by atoms with Crippen molar-refractivity contribution in [1.29, 1.82) is 0 Å². The van der Waals surface area contributed by atoms with Crippen molar-refractivity contribution in [2.75, 3.05) is 39.5 Å². The second-order valence-corrected chi connectivity index (χ2v) is 4.95. The Morgan fingerprint density at radius 2 is 2.06 bits per heavy atom. The van der Waals surface area contributed by atoms with Gasteiger partial charge in [0.25, 0.3) is 0 Å². The van der Waals surface area contributed by atoms with Crippen LogP contribution in [-0.2, 0) is 4.74 Å². The predicted octanol–water partition coefficient (Wildman–Crippen LogP) is 0.458. The second-order valence-electron chi connectivity index (χ2n) is 4.95. The van der Waals surface area contributed by atoms with Crippen LogP contribution in [0.4, 0.5) is 0 Å². The van der Waals surface area contributed by atoms with Crippen molar-refractivity contribution in [2.24, 2.45) is 0 Å². The molecule has 2 N–H and O–H groups in total. The van der Waals surface area contributed by atoms with Gasteiger partial charge in [-0.15, -0.1) is 0 Å². The summed E-state index contributed by atoms with van der Waals surface area (Å²) in [5, 5.41) is 12.8. The Bertz CT molecular complexity index is 195. The van der Waals surface area contributed by atoms with Crippen molar-refractivity contribution in [2.45, 2.75) is 38.8 Å². The van der Waals surface area contributed by atoms with Crippen molar-refractivity contribution in [3.8, 4) is 0 Å². The maximum Gasteiger partial charge on any atom is 0.0611 e. The molecule has 0 spiro atoms. The number of ether oxygens (including phenoxy) is 1. The fourth-order valence-corrected chi connectivity index (χ4v) is 2.42. The normalized spacial score (nSPS) is 24.0. The van der Waals surface area contributed by atoms with Crippen LogP contribution in [0.3, 0.4) is 0 Å². The maximum atomic E-state index is 9.46. The lowest BCUT2D eigenvalue weighted by atomic mass is 9.93. The first-order valence-corrected chi connectivity index (χ1v) is 6.29. The molecule has 2 atom stereocenters. The zero-order chi connectivity index (χ0) is 12.0.